The lowest BCUT2D eigenvalue weighted by molar-refractivity contribution is -0.0338. The first-order chi connectivity index (χ1) is 11.5. The van der Waals surface area contributed by atoms with Crippen molar-refractivity contribution < 1.29 is 36.2 Å². The minimum atomic E-state index is -4.48. The Morgan fingerprint density at radius 1 is 0.800 bits per heavy atom. The van der Waals surface area contributed by atoms with Crippen molar-refractivity contribution in [3.63, 3.8) is 0 Å². The highest BCUT2D eigenvalue weighted by molar-refractivity contribution is 8.00. The standard InChI is InChI=1S/C15H10F6O2S2/c16-14(17,18)24-11-5-1-3-9(7-11)13(22)23-10-4-2-6-12(8-10)25-15(19,20)21/h1-8,13,22H. The number of benzene rings is 2. The van der Waals surface area contributed by atoms with Crippen molar-refractivity contribution in [2.75, 3.05) is 0 Å². The third kappa shape index (κ3) is 7.09. The highest BCUT2D eigenvalue weighted by Gasteiger charge is 2.30. The number of ether oxygens (including phenoxy) is 1. The van der Waals surface area contributed by atoms with E-state index in [4.69, 9.17) is 4.74 Å². The number of rotatable bonds is 5. The second kappa shape index (κ2) is 7.79. The van der Waals surface area contributed by atoms with Crippen molar-refractivity contribution >= 4 is 23.5 Å². The molecule has 0 aliphatic heterocycles. The van der Waals surface area contributed by atoms with Gasteiger partial charge in [-0.25, -0.2) is 0 Å². The average molecular weight is 400 g/mol. The Labute approximate surface area is 147 Å². The lowest BCUT2D eigenvalue weighted by atomic mass is 10.2. The fraction of sp³-hybridized carbons (Fsp3) is 0.200. The number of hydrogen-bond donors (Lipinski definition) is 1. The molecule has 10 heteroatoms. The van der Waals surface area contributed by atoms with Gasteiger partial charge in [-0.05, 0) is 53.9 Å². The summed E-state index contributed by atoms with van der Waals surface area (Å²) in [6, 6.07) is 9.91. The van der Waals surface area contributed by atoms with Crippen LogP contribution in [0.2, 0.25) is 0 Å². The summed E-state index contributed by atoms with van der Waals surface area (Å²) in [4.78, 5) is -0.285. The van der Waals surface area contributed by atoms with Crippen molar-refractivity contribution in [3.8, 4) is 5.75 Å². The predicted molar refractivity (Wildman–Crippen MR) is 82.3 cm³/mol. The molecule has 0 heterocycles. The van der Waals surface area contributed by atoms with Crippen molar-refractivity contribution in [3.05, 3.63) is 54.1 Å². The van der Waals surface area contributed by atoms with Gasteiger partial charge in [-0.15, -0.1) is 0 Å². The SMILES string of the molecule is OC(Oc1cccc(SC(F)(F)F)c1)c1cccc(SC(F)(F)F)c1. The number of aliphatic hydroxyl groups excluding tert-OH is 1. The van der Waals surface area contributed by atoms with Crippen LogP contribution < -0.4 is 4.74 Å². The lowest BCUT2D eigenvalue weighted by Gasteiger charge is -2.16. The van der Waals surface area contributed by atoms with E-state index in [1.54, 1.807) is 0 Å². The quantitative estimate of drug-likeness (QED) is 0.380. The molecule has 1 atom stereocenters. The van der Waals surface area contributed by atoms with Gasteiger partial charge in [0.15, 0.2) is 0 Å². The van der Waals surface area contributed by atoms with Gasteiger partial charge in [0.25, 0.3) is 0 Å². The molecule has 2 rings (SSSR count). The van der Waals surface area contributed by atoms with E-state index in [0.717, 1.165) is 12.1 Å². The molecule has 136 valence electrons. The Kier molecular flexibility index (Phi) is 6.17. The Balaban J connectivity index is 2.10. The molecule has 0 amide bonds. The Morgan fingerprint density at radius 3 is 1.88 bits per heavy atom. The van der Waals surface area contributed by atoms with Gasteiger partial charge in [0.05, 0.1) is 0 Å². The first kappa shape index (κ1) is 19.8. The van der Waals surface area contributed by atoms with Crippen LogP contribution in [0.15, 0.2) is 58.3 Å². The van der Waals surface area contributed by atoms with Gasteiger partial charge >= 0.3 is 11.0 Å². The Morgan fingerprint density at radius 2 is 1.32 bits per heavy atom. The van der Waals surface area contributed by atoms with E-state index in [0.29, 0.717) is 0 Å². The summed E-state index contributed by atoms with van der Waals surface area (Å²) in [7, 11) is 0. The van der Waals surface area contributed by atoms with Crippen LogP contribution in [0, 0.1) is 0 Å². The molecule has 0 aromatic heterocycles. The zero-order valence-electron chi connectivity index (χ0n) is 12.1. The zero-order chi connectivity index (χ0) is 18.7. The highest BCUT2D eigenvalue weighted by atomic mass is 32.2. The molecule has 0 spiro atoms. The van der Waals surface area contributed by atoms with Crippen LogP contribution in [-0.4, -0.2) is 16.1 Å². The van der Waals surface area contributed by atoms with E-state index < -0.39 is 17.3 Å². The molecule has 0 radical (unpaired) electrons. The number of alkyl halides is 6. The molecule has 0 aliphatic carbocycles. The van der Waals surface area contributed by atoms with Crippen LogP contribution in [0.25, 0.3) is 0 Å². The fourth-order valence-electron chi connectivity index (χ4n) is 1.81. The van der Waals surface area contributed by atoms with Crippen molar-refractivity contribution in [2.45, 2.75) is 27.1 Å². The van der Waals surface area contributed by atoms with E-state index in [1.165, 1.54) is 36.4 Å². The van der Waals surface area contributed by atoms with Gasteiger partial charge in [0.1, 0.15) is 5.75 Å². The fourth-order valence-corrected chi connectivity index (χ4v) is 3.00. The van der Waals surface area contributed by atoms with Crippen molar-refractivity contribution in [1.82, 2.24) is 0 Å². The van der Waals surface area contributed by atoms with Crippen LogP contribution in [-0.2, 0) is 0 Å². The summed E-state index contributed by atoms with van der Waals surface area (Å²) < 4.78 is 79.3. The van der Waals surface area contributed by atoms with Crippen LogP contribution >= 0.6 is 23.5 Å². The molecule has 0 bridgehead atoms. The summed E-state index contributed by atoms with van der Waals surface area (Å²) in [6.45, 7) is 0. The van der Waals surface area contributed by atoms with Crippen molar-refractivity contribution in [1.29, 1.82) is 0 Å². The summed E-state index contributed by atoms with van der Waals surface area (Å²) in [5.41, 5.74) is -8.91. The first-order valence-electron chi connectivity index (χ1n) is 6.58. The van der Waals surface area contributed by atoms with Crippen LogP contribution in [0.5, 0.6) is 5.75 Å². The minimum absolute atomic E-state index is 0.0446. The van der Waals surface area contributed by atoms with E-state index >= 15 is 0 Å². The number of hydrogen-bond acceptors (Lipinski definition) is 4. The van der Waals surface area contributed by atoms with Gasteiger partial charge in [-0.2, -0.15) is 26.3 Å². The molecule has 0 saturated carbocycles. The molecule has 0 fully saturated rings. The van der Waals surface area contributed by atoms with E-state index in [9.17, 15) is 31.4 Å². The third-order valence-corrected chi connectivity index (χ3v) is 4.11. The first-order valence-corrected chi connectivity index (χ1v) is 8.21. The molecule has 2 nitrogen and oxygen atoms in total. The van der Waals surface area contributed by atoms with Crippen LogP contribution in [0.1, 0.15) is 11.9 Å². The molecular formula is C15H10F6O2S2. The normalized spacial score (nSPS) is 13.6. The van der Waals surface area contributed by atoms with Crippen LogP contribution in [0.3, 0.4) is 0 Å². The van der Waals surface area contributed by atoms with Crippen LogP contribution in [0.4, 0.5) is 26.3 Å². The smallest absolute Gasteiger partial charge is 0.446 e. The second-order valence-electron chi connectivity index (χ2n) is 4.61. The third-order valence-electron chi connectivity index (χ3n) is 2.66. The molecular weight excluding hydrogens is 390 g/mol. The summed E-state index contributed by atoms with van der Waals surface area (Å²) in [5.74, 6) is -0.0457. The maximum Gasteiger partial charge on any atom is 0.446 e. The maximum absolute atomic E-state index is 12.4. The molecule has 0 aliphatic rings. The zero-order valence-corrected chi connectivity index (χ0v) is 13.8. The van der Waals surface area contributed by atoms with E-state index in [-0.39, 0.29) is 44.6 Å². The largest absolute Gasteiger partial charge is 0.461 e. The van der Waals surface area contributed by atoms with Gasteiger partial charge in [-0.1, -0.05) is 18.2 Å². The second-order valence-corrected chi connectivity index (χ2v) is 6.89. The van der Waals surface area contributed by atoms with Gasteiger partial charge in [-0.3, -0.25) is 0 Å². The molecule has 2 aromatic carbocycles. The highest BCUT2D eigenvalue weighted by Crippen LogP contribution is 2.39. The summed E-state index contributed by atoms with van der Waals surface area (Å²) in [5, 5.41) is 9.98. The molecule has 1 unspecified atom stereocenters. The minimum Gasteiger partial charge on any atom is -0.461 e. The van der Waals surface area contributed by atoms with Gasteiger partial charge < -0.3 is 9.84 Å². The number of aliphatic hydroxyl groups is 1. The lowest BCUT2D eigenvalue weighted by Crippen LogP contribution is -2.07. The summed E-state index contributed by atoms with van der Waals surface area (Å²) >= 11 is -0.691. The maximum atomic E-state index is 12.4. The predicted octanol–water partition coefficient (Wildman–Crippen LogP) is 5.98. The summed E-state index contributed by atoms with van der Waals surface area (Å²) in [6.07, 6.45) is -1.63. The topological polar surface area (TPSA) is 29.5 Å². The van der Waals surface area contributed by atoms with Gasteiger partial charge in [0.2, 0.25) is 6.29 Å². The van der Waals surface area contributed by atoms with E-state index in [1.807, 2.05) is 0 Å². The molecule has 0 saturated heterocycles. The monoisotopic (exact) mass is 400 g/mol. The number of thioether (sulfide) groups is 2. The molecule has 2 aromatic rings. The van der Waals surface area contributed by atoms with E-state index in [2.05, 4.69) is 0 Å². The Bertz CT molecular complexity index is 718. The molecule has 25 heavy (non-hydrogen) atoms. The number of halogens is 6. The van der Waals surface area contributed by atoms with Crippen molar-refractivity contribution in [2.24, 2.45) is 0 Å². The molecule has 1 N–H and O–H groups in total. The average Bonchev–Trinajstić information content (AvgIpc) is 2.44. The van der Waals surface area contributed by atoms with Gasteiger partial charge in [0, 0.05) is 15.4 Å². The Hall–Kier alpha value is -1.52.